The Balaban J connectivity index is 1.47. The average Bonchev–Trinajstić information content (AvgIpc) is 2.99. The molecule has 1 aliphatic rings. The highest BCUT2D eigenvalue weighted by atomic mass is 31.2. The summed E-state index contributed by atoms with van der Waals surface area (Å²) in [5, 5.41) is 9.46. The minimum Gasteiger partial charge on any atom is -0.481 e. The second-order valence-corrected chi connectivity index (χ2v) is 10.3. The Hall–Kier alpha value is -2.76. The topological polar surface area (TPSA) is 112 Å². The SMILES string of the molecule is O=C(O)C(CCc1ccccc1)CP(=O)(O)CCCCN1C(=O)c2ccccc2C1=O. The minimum atomic E-state index is -3.64. The Bertz CT molecular complexity index is 971. The van der Waals surface area contributed by atoms with E-state index in [-0.39, 0.29) is 30.7 Å². The summed E-state index contributed by atoms with van der Waals surface area (Å²) in [4.78, 5) is 47.7. The summed E-state index contributed by atoms with van der Waals surface area (Å²) in [5.41, 5.74) is 1.74. The van der Waals surface area contributed by atoms with Crippen molar-refractivity contribution in [2.45, 2.75) is 25.7 Å². The molecule has 0 fully saturated rings. The predicted molar refractivity (Wildman–Crippen MR) is 116 cm³/mol. The molecular weight excluding hydrogens is 417 g/mol. The van der Waals surface area contributed by atoms with Gasteiger partial charge in [-0.1, -0.05) is 42.5 Å². The van der Waals surface area contributed by atoms with Gasteiger partial charge in [-0.2, -0.15) is 0 Å². The van der Waals surface area contributed by atoms with E-state index < -0.39 is 19.3 Å². The molecule has 7 nitrogen and oxygen atoms in total. The Kier molecular flexibility index (Phi) is 7.42. The lowest BCUT2D eigenvalue weighted by Gasteiger charge is -2.18. The van der Waals surface area contributed by atoms with Gasteiger partial charge in [0.2, 0.25) is 7.37 Å². The maximum atomic E-state index is 12.6. The second-order valence-electron chi connectivity index (χ2n) is 7.83. The number of carboxylic acid groups (broad SMARTS) is 1. The monoisotopic (exact) mass is 443 g/mol. The van der Waals surface area contributed by atoms with Gasteiger partial charge < -0.3 is 10.00 Å². The average molecular weight is 443 g/mol. The lowest BCUT2D eigenvalue weighted by Crippen LogP contribution is -2.30. The molecule has 0 bridgehead atoms. The summed E-state index contributed by atoms with van der Waals surface area (Å²) in [6.45, 7) is 0.169. The number of hydrogen-bond acceptors (Lipinski definition) is 4. The van der Waals surface area contributed by atoms with Gasteiger partial charge in [-0.25, -0.2) is 0 Å². The Morgan fingerprint density at radius 3 is 2.10 bits per heavy atom. The van der Waals surface area contributed by atoms with Crippen molar-refractivity contribution in [2.75, 3.05) is 18.9 Å². The number of carbonyl (C=O) groups excluding carboxylic acids is 2. The number of aryl methyl sites for hydroxylation is 1. The smallest absolute Gasteiger partial charge is 0.307 e. The third-order valence-corrected chi connectivity index (χ3v) is 7.52. The Morgan fingerprint density at radius 1 is 0.935 bits per heavy atom. The van der Waals surface area contributed by atoms with Crippen molar-refractivity contribution in [1.29, 1.82) is 0 Å². The standard InChI is InChI=1S/C23H26NO6P/c25-21-19-10-4-5-11-20(19)22(26)24(21)14-6-7-15-31(29,30)16-18(23(27)28)13-12-17-8-2-1-3-9-17/h1-5,8-11,18H,6-7,12-16H2,(H,27,28)(H,29,30). The molecule has 0 spiro atoms. The zero-order chi connectivity index (χ0) is 22.4. The van der Waals surface area contributed by atoms with Crippen molar-refractivity contribution >= 4 is 25.2 Å². The molecule has 2 aromatic rings. The lowest BCUT2D eigenvalue weighted by atomic mass is 10.0. The molecule has 0 aromatic heterocycles. The molecule has 2 amide bonds. The molecule has 8 heteroatoms. The number of fused-ring (bicyclic) bond motifs is 1. The van der Waals surface area contributed by atoms with Crippen LogP contribution >= 0.6 is 7.37 Å². The van der Waals surface area contributed by atoms with Crippen LogP contribution in [0.3, 0.4) is 0 Å². The van der Waals surface area contributed by atoms with E-state index in [1.54, 1.807) is 24.3 Å². The fourth-order valence-corrected chi connectivity index (χ4v) is 5.71. The highest BCUT2D eigenvalue weighted by Gasteiger charge is 2.35. The zero-order valence-corrected chi connectivity index (χ0v) is 18.0. The van der Waals surface area contributed by atoms with E-state index in [2.05, 4.69) is 0 Å². The van der Waals surface area contributed by atoms with Crippen LogP contribution in [0.25, 0.3) is 0 Å². The number of carbonyl (C=O) groups is 3. The fraction of sp³-hybridized carbons (Fsp3) is 0.348. The van der Waals surface area contributed by atoms with E-state index in [1.807, 2.05) is 30.3 Å². The van der Waals surface area contributed by atoms with Gasteiger partial charge >= 0.3 is 5.97 Å². The molecule has 0 aliphatic carbocycles. The number of imide groups is 1. The van der Waals surface area contributed by atoms with E-state index >= 15 is 0 Å². The van der Waals surface area contributed by atoms with Crippen molar-refractivity contribution in [3.05, 3.63) is 71.3 Å². The normalized spacial score (nSPS) is 16.1. The molecule has 2 aromatic carbocycles. The number of rotatable bonds is 11. The molecule has 2 atom stereocenters. The molecule has 0 saturated carbocycles. The first-order chi connectivity index (χ1) is 14.8. The lowest BCUT2D eigenvalue weighted by molar-refractivity contribution is -0.141. The number of amides is 2. The Morgan fingerprint density at radius 2 is 1.52 bits per heavy atom. The molecule has 2 N–H and O–H groups in total. The van der Waals surface area contributed by atoms with Crippen molar-refractivity contribution in [2.24, 2.45) is 5.92 Å². The number of nitrogens with zero attached hydrogens (tertiary/aromatic N) is 1. The minimum absolute atomic E-state index is 0.0364. The van der Waals surface area contributed by atoms with Gasteiger partial charge in [0, 0.05) is 18.9 Å². The maximum absolute atomic E-state index is 12.6. The van der Waals surface area contributed by atoms with Crippen LogP contribution in [0.2, 0.25) is 0 Å². The largest absolute Gasteiger partial charge is 0.481 e. The zero-order valence-electron chi connectivity index (χ0n) is 17.1. The van der Waals surface area contributed by atoms with Gasteiger partial charge in [0.25, 0.3) is 11.8 Å². The summed E-state index contributed by atoms with van der Waals surface area (Å²) in [6, 6.07) is 16.0. The van der Waals surface area contributed by atoms with Crippen molar-refractivity contribution in [1.82, 2.24) is 4.90 Å². The second kappa shape index (κ2) is 10.0. The van der Waals surface area contributed by atoms with Crippen LogP contribution in [0.5, 0.6) is 0 Å². The van der Waals surface area contributed by atoms with E-state index in [1.165, 1.54) is 0 Å². The van der Waals surface area contributed by atoms with Crippen LogP contribution in [-0.4, -0.2) is 51.6 Å². The number of benzene rings is 2. The highest BCUT2D eigenvalue weighted by Crippen LogP contribution is 2.44. The van der Waals surface area contributed by atoms with E-state index in [0.717, 1.165) is 10.5 Å². The van der Waals surface area contributed by atoms with Gasteiger partial charge in [-0.15, -0.1) is 0 Å². The molecule has 164 valence electrons. The van der Waals surface area contributed by atoms with Gasteiger partial charge in [0.05, 0.1) is 17.0 Å². The molecule has 0 radical (unpaired) electrons. The predicted octanol–water partition coefficient (Wildman–Crippen LogP) is 3.67. The summed E-state index contributed by atoms with van der Waals surface area (Å²) < 4.78 is 12.6. The molecule has 2 unspecified atom stereocenters. The molecular formula is C23H26NO6P. The van der Waals surface area contributed by atoms with Crippen molar-refractivity contribution in [3.8, 4) is 0 Å². The van der Waals surface area contributed by atoms with E-state index in [0.29, 0.717) is 36.8 Å². The number of aliphatic carboxylic acids is 1. The summed E-state index contributed by atoms with van der Waals surface area (Å²) in [6.07, 6.45) is 1.22. The summed E-state index contributed by atoms with van der Waals surface area (Å²) in [5.74, 6) is -2.66. The van der Waals surface area contributed by atoms with E-state index in [4.69, 9.17) is 0 Å². The van der Waals surface area contributed by atoms with Gasteiger partial charge in [-0.3, -0.25) is 23.8 Å². The first kappa shape index (κ1) is 22.9. The number of carboxylic acids is 1. The molecule has 1 heterocycles. The molecule has 3 rings (SSSR count). The van der Waals surface area contributed by atoms with Crippen LogP contribution in [0.15, 0.2) is 54.6 Å². The molecule has 1 aliphatic heterocycles. The van der Waals surface area contributed by atoms with Crippen molar-refractivity contribution in [3.63, 3.8) is 0 Å². The summed E-state index contributed by atoms with van der Waals surface area (Å²) in [7, 11) is -3.64. The third kappa shape index (κ3) is 5.90. The van der Waals surface area contributed by atoms with Crippen LogP contribution in [-0.2, 0) is 15.8 Å². The molecule has 0 saturated heterocycles. The first-order valence-corrected chi connectivity index (χ1v) is 12.3. The van der Waals surface area contributed by atoms with Crippen LogP contribution in [0, 0.1) is 5.92 Å². The first-order valence-electron chi connectivity index (χ1n) is 10.3. The highest BCUT2D eigenvalue weighted by molar-refractivity contribution is 7.58. The number of unbranched alkanes of at least 4 members (excludes halogenated alkanes) is 1. The van der Waals surface area contributed by atoms with Crippen molar-refractivity contribution < 1.29 is 28.9 Å². The summed E-state index contributed by atoms with van der Waals surface area (Å²) >= 11 is 0. The molecule has 31 heavy (non-hydrogen) atoms. The maximum Gasteiger partial charge on any atom is 0.307 e. The number of hydrogen-bond donors (Lipinski definition) is 2. The quantitative estimate of drug-likeness (QED) is 0.311. The van der Waals surface area contributed by atoms with Crippen LogP contribution in [0.4, 0.5) is 0 Å². The van der Waals surface area contributed by atoms with Gasteiger partial charge in [0.15, 0.2) is 0 Å². The fourth-order valence-electron chi connectivity index (χ4n) is 3.79. The van der Waals surface area contributed by atoms with Crippen LogP contribution < -0.4 is 0 Å². The van der Waals surface area contributed by atoms with Gasteiger partial charge in [0.1, 0.15) is 0 Å². The van der Waals surface area contributed by atoms with Gasteiger partial charge in [-0.05, 0) is 43.4 Å². The van der Waals surface area contributed by atoms with Crippen LogP contribution in [0.1, 0.15) is 45.5 Å². The Labute approximate surface area is 181 Å². The third-order valence-electron chi connectivity index (χ3n) is 5.50. The van der Waals surface area contributed by atoms with E-state index in [9.17, 15) is 28.9 Å².